The number of benzene rings is 2. The summed E-state index contributed by atoms with van der Waals surface area (Å²) in [6.07, 6.45) is 0. The third kappa shape index (κ3) is 3.33. The lowest BCUT2D eigenvalue weighted by Gasteiger charge is -1.99. The average Bonchev–Trinajstić information content (AvgIpc) is 2.42. The van der Waals surface area contributed by atoms with Gasteiger partial charge in [-0.3, -0.25) is 4.79 Å². The highest BCUT2D eigenvalue weighted by Crippen LogP contribution is 2.08. The molecular weight excluding hydrogens is 236 g/mol. The molecule has 2 aromatic carbocycles. The molecule has 0 bridgehead atoms. The molecule has 0 atom stereocenters. The van der Waals surface area contributed by atoms with Gasteiger partial charge in [0, 0.05) is 11.1 Å². The van der Waals surface area contributed by atoms with Gasteiger partial charge < -0.3 is 0 Å². The lowest BCUT2D eigenvalue weighted by Crippen LogP contribution is -1.99. The minimum Gasteiger partial charge on any atom is -0.289 e. The van der Waals surface area contributed by atoms with Crippen LogP contribution in [0.5, 0.6) is 0 Å². The third-order valence-electron chi connectivity index (χ3n) is 2.07. The largest absolute Gasteiger partial charge is 0.289 e. The van der Waals surface area contributed by atoms with Crippen molar-refractivity contribution in [3.05, 3.63) is 71.8 Å². The van der Waals surface area contributed by atoms with E-state index in [4.69, 9.17) is 11.1 Å². The zero-order valence-electron chi connectivity index (χ0n) is 9.06. The Labute approximate surface area is 103 Å². The first-order valence-electron chi connectivity index (χ1n) is 4.90. The van der Waals surface area contributed by atoms with Gasteiger partial charge in [-0.15, -0.1) is 0 Å². The van der Waals surface area contributed by atoms with E-state index >= 15 is 0 Å². The minimum absolute atomic E-state index is 0.0752. The summed E-state index contributed by atoms with van der Waals surface area (Å²) in [5.41, 5.74) is 1.47. The lowest BCUT2D eigenvalue weighted by molar-refractivity contribution is 0.103. The van der Waals surface area contributed by atoms with Crippen molar-refractivity contribution in [2.45, 2.75) is 0 Å². The molecule has 0 saturated carbocycles. The fourth-order valence-corrected chi connectivity index (χ4v) is 1.35. The second-order valence-corrected chi connectivity index (χ2v) is 3.06. The van der Waals surface area contributed by atoms with Crippen molar-refractivity contribution in [2.75, 3.05) is 0 Å². The molecule has 0 spiro atoms. The Kier molecular flexibility index (Phi) is 5.54. The SMILES string of the molecule is O=C(c1ccccc1)c1ccccc1.[SiH3]Cl. The molecule has 16 heavy (non-hydrogen) atoms. The smallest absolute Gasteiger partial charge is 0.193 e. The van der Waals surface area contributed by atoms with Crippen LogP contribution < -0.4 is 0 Å². The fourth-order valence-electron chi connectivity index (χ4n) is 1.35. The molecule has 0 amide bonds. The van der Waals surface area contributed by atoms with Gasteiger partial charge in [-0.1, -0.05) is 60.7 Å². The Balaban J connectivity index is 0.000000606. The van der Waals surface area contributed by atoms with E-state index < -0.39 is 0 Å². The average molecular weight is 249 g/mol. The molecule has 0 unspecified atom stereocenters. The molecule has 0 N–H and O–H groups in total. The zero-order chi connectivity index (χ0) is 11.8. The van der Waals surface area contributed by atoms with Gasteiger partial charge in [-0.2, -0.15) is 11.1 Å². The number of rotatable bonds is 2. The number of carbonyl (C=O) groups excluding carboxylic acids is 1. The van der Waals surface area contributed by atoms with Crippen LogP contribution in [0, 0.1) is 0 Å². The van der Waals surface area contributed by atoms with Crippen LogP contribution in [0.15, 0.2) is 60.7 Å². The second-order valence-electron chi connectivity index (χ2n) is 3.06. The molecule has 0 aliphatic heterocycles. The van der Waals surface area contributed by atoms with Gasteiger partial charge in [-0.25, -0.2) is 0 Å². The highest BCUT2D eigenvalue weighted by Gasteiger charge is 2.06. The van der Waals surface area contributed by atoms with Gasteiger partial charge in [0.1, 0.15) is 9.55 Å². The van der Waals surface area contributed by atoms with Crippen molar-refractivity contribution >= 4 is 26.4 Å². The molecule has 2 rings (SSSR count). The van der Waals surface area contributed by atoms with Crippen LogP contribution in [0.1, 0.15) is 15.9 Å². The molecule has 3 heteroatoms. The van der Waals surface area contributed by atoms with E-state index in [1.54, 1.807) is 0 Å². The molecular formula is C13H13ClOSi. The predicted octanol–water partition coefficient (Wildman–Crippen LogP) is 2.42. The van der Waals surface area contributed by atoms with Crippen molar-refractivity contribution in [1.29, 1.82) is 0 Å². The van der Waals surface area contributed by atoms with Crippen molar-refractivity contribution in [3.8, 4) is 0 Å². The van der Waals surface area contributed by atoms with E-state index in [0.29, 0.717) is 0 Å². The van der Waals surface area contributed by atoms with E-state index in [1.165, 1.54) is 0 Å². The molecule has 0 fully saturated rings. The summed E-state index contributed by atoms with van der Waals surface area (Å²) >= 11 is 4.78. The summed E-state index contributed by atoms with van der Waals surface area (Å²) in [6, 6.07) is 18.6. The summed E-state index contributed by atoms with van der Waals surface area (Å²) in [7, 11) is 0.778. The molecule has 2 aromatic rings. The van der Waals surface area contributed by atoms with Gasteiger partial charge >= 0.3 is 0 Å². The molecule has 1 nitrogen and oxygen atoms in total. The molecule has 0 aromatic heterocycles. The first-order chi connectivity index (χ1) is 7.88. The van der Waals surface area contributed by atoms with Gasteiger partial charge in [-0.05, 0) is 0 Å². The second kappa shape index (κ2) is 6.98. The number of hydrogen-bond acceptors (Lipinski definition) is 1. The Morgan fingerprint density at radius 2 is 1.06 bits per heavy atom. The summed E-state index contributed by atoms with van der Waals surface area (Å²) in [4.78, 5) is 11.8. The Morgan fingerprint density at radius 3 is 1.38 bits per heavy atom. The first kappa shape index (κ1) is 12.7. The monoisotopic (exact) mass is 248 g/mol. The van der Waals surface area contributed by atoms with E-state index in [0.717, 1.165) is 20.7 Å². The predicted molar refractivity (Wildman–Crippen MR) is 72.1 cm³/mol. The maximum absolute atomic E-state index is 11.8. The topological polar surface area (TPSA) is 17.1 Å². The summed E-state index contributed by atoms with van der Waals surface area (Å²) < 4.78 is 0. The van der Waals surface area contributed by atoms with Crippen molar-refractivity contribution in [2.24, 2.45) is 0 Å². The normalized spacial score (nSPS) is 9.06. The molecule has 82 valence electrons. The van der Waals surface area contributed by atoms with Crippen LogP contribution in [0.4, 0.5) is 0 Å². The summed E-state index contributed by atoms with van der Waals surface area (Å²) in [5.74, 6) is 0.0752. The summed E-state index contributed by atoms with van der Waals surface area (Å²) in [6.45, 7) is 0. The minimum atomic E-state index is 0.0752. The first-order valence-corrected chi connectivity index (χ1v) is 7.93. The Hall–Kier alpha value is -1.38. The van der Waals surface area contributed by atoms with Gasteiger partial charge in [0.2, 0.25) is 0 Å². The quantitative estimate of drug-likeness (QED) is 0.453. The zero-order valence-corrected chi connectivity index (χ0v) is 11.8. The number of carbonyl (C=O) groups is 1. The van der Waals surface area contributed by atoms with E-state index in [2.05, 4.69) is 0 Å². The van der Waals surface area contributed by atoms with Crippen molar-refractivity contribution in [1.82, 2.24) is 0 Å². The summed E-state index contributed by atoms with van der Waals surface area (Å²) in [5, 5.41) is 0. The van der Waals surface area contributed by atoms with Crippen LogP contribution in [-0.4, -0.2) is 15.3 Å². The standard InChI is InChI=1S/C13H10O.ClH3Si/c14-13(11-7-3-1-4-8-11)12-9-5-2-6-10-12;1-2/h1-10H;2H3. The number of hydrogen-bond donors (Lipinski definition) is 0. The van der Waals surface area contributed by atoms with E-state index in [-0.39, 0.29) is 5.78 Å². The van der Waals surface area contributed by atoms with Crippen LogP contribution in [-0.2, 0) is 0 Å². The van der Waals surface area contributed by atoms with Gasteiger partial charge in [0.25, 0.3) is 0 Å². The molecule has 0 aliphatic rings. The fraction of sp³-hybridized carbons (Fsp3) is 0. The van der Waals surface area contributed by atoms with Crippen molar-refractivity contribution < 1.29 is 4.79 Å². The highest BCUT2D eigenvalue weighted by atomic mass is 35.6. The van der Waals surface area contributed by atoms with Crippen LogP contribution >= 0.6 is 11.1 Å². The molecule has 0 aliphatic carbocycles. The maximum atomic E-state index is 11.8. The highest BCUT2D eigenvalue weighted by molar-refractivity contribution is 6.80. The van der Waals surface area contributed by atoms with Crippen molar-refractivity contribution in [3.63, 3.8) is 0 Å². The molecule has 0 heterocycles. The van der Waals surface area contributed by atoms with E-state index in [9.17, 15) is 4.79 Å². The molecule has 0 radical (unpaired) electrons. The van der Waals surface area contributed by atoms with E-state index in [1.807, 2.05) is 60.7 Å². The van der Waals surface area contributed by atoms with Gasteiger partial charge in [0.05, 0.1) is 0 Å². The van der Waals surface area contributed by atoms with Crippen LogP contribution in [0.25, 0.3) is 0 Å². The Morgan fingerprint density at radius 1 is 0.750 bits per heavy atom. The van der Waals surface area contributed by atoms with Crippen LogP contribution in [0.3, 0.4) is 0 Å². The number of halogens is 1. The maximum Gasteiger partial charge on any atom is 0.193 e. The third-order valence-corrected chi connectivity index (χ3v) is 2.07. The number of ketones is 1. The Bertz CT molecular complexity index is 387. The molecule has 0 saturated heterocycles. The van der Waals surface area contributed by atoms with Crippen LogP contribution in [0.2, 0.25) is 0 Å². The lowest BCUT2D eigenvalue weighted by atomic mass is 10.0. The van der Waals surface area contributed by atoms with Gasteiger partial charge in [0.15, 0.2) is 5.78 Å².